The molecule has 0 aliphatic rings. The van der Waals surface area contributed by atoms with E-state index in [1.54, 1.807) is 15.8 Å². The summed E-state index contributed by atoms with van der Waals surface area (Å²) < 4.78 is 26.8. The van der Waals surface area contributed by atoms with Gasteiger partial charge in [0.25, 0.3) is 0 Å². The van der Waals surface area contributed by atoms with Crippen molar-refractivity contribution in [3.05, 3.63) is 16.3 Å². The van der Waals surface area contributed by atoms with Crippen LogP contribution in [0.15, 0.2) is 16.3 Å². The van der Waals surface area contributed by atoms with Crippen molar-refractivity contribution in [2.45, 2.75) is 51.0 Å². The van der Waals surface area contributed by atoms with Gasteiger partial charge >= 0.3 is 0 Å². The Balaban J connectivity index is 2.97. The Morgan fingerprint density at radius 2 is 1.79 bits per heavy atom. The zero-order valence-corrected chi connectivity index (χ0v) is 13.3. The van der Waals surface area contributed by atoms with Crippen LogP contribution >= 0.6 is 11.3 Å². The summed E-state index contributed by atoms with van der Waals surface area (Å²) >= 11 is 1.29. The van der Waals surface area contributed by atoms with Gasteiger partial charge in [-0.2, -0.15) is 4.31 Å². The van der Waals surface area contributed by atoms with Gasteiger partial charge in [0.1, 0.15) is 0 Å². The lowest BCUT2D eigenvalue weighted by Gasteiger charge is -2.21. The fourth-order valence-electron chi connectivity index (χ4n) is 1.83. The average Bonchev–Trinajstić information content (AvgIpc) is 2.87. The number of aliphatic hydroxyl groups is 1. The van der Waals surface area contributed by atoms with Crippen molar-refractivity contribution in [3.63, 3.8) is 0 Å². The molecule has 0 fully saturated rings. The first-order valence-corrected chi connectivity index (χ1v) is 9.07. The molecule has 0 spiro atoms. The molecule has 0 aliphatic heterocycles. The minimum atomic E-state index is -3.46. The van der Waals surface area contributed by atoms with Crippen LogP contribution in [0.25, 0.3) is 0 Å². The van der Waals surface area contributed by atoms with Crippen molar-refractivity contribution < 1.29 is 13.5 Å². The Morgan fingerprint density at radius 3 is 2.26 bits per heavy atom. The van der Waals surface area contributed by atoms with Gasteiger partial charge in [0.2, 0.25) is 10.0 Å². The van der Waals surface area contributed by atoms with Crippen LogP contribution in [-0.4, -0.2) is 30.9 Å². The van der Waals surface area contributed by atoms with Crippen LogP contribution in [0.4, 0.5) is 0 Å². The Kier molecular flexibility index (Phi) is 6.99. The highest BCUT2D eigenvalue weighted by atomic mass is 32.2. The van der Waals surface area contributed by atoms with Gasteiger partial charge in [-0.05, 0) is 24.3 Å². The molecule has 0 saturated carbocycles. The van der Waals surface area contributed by atoms with Gasteiger partial charge in [-0.25, -0.2) is 8.42 Å². The van der Waals surface area contributed by atoms with Crippen molar-refractivity contribution >= 4 is 21.4 Å². The molecule has 1 N–H and O–H groups in total. The highest BCUT2D eigenvalue weighted by molar-refractivity contribution is 7.89. The number of aliphatic hydroxyl groups excluding tert-OH is 1. The average molecular weight is 305 g/mol. The molecule has 110 valence electrons. The van der Waals surface area contributed by atoms with Gasteiger partial charge in [-0.15, -0.1) is 11.3 Å². The second kappa shape index (κ2) is 7.99. The number of hydrogen-bond acceptors (Lipinski definition) is 4. The number of hydrogen-bond donors (Lipinski definition) is 1. The molecule has 0 aliphatic carbocycles. The quantitative estimate of drug-likeness (QED) is 0.763. The topological polar surface area (TPSA) is 57.6 Å². The van der Waals surface area contributed by atoms with E-state index < -0.39 is 10.0 Å². The van der Waals surface area contributed by atoms with Gasteiger partial charge < -0.3 is 5.11 Å². The second-order valence-electron chi connectivity index (χ2n) is 4.48. The summed E-state index contributed by atoms with van der Waals surface area (Å²) in [5.74, 6) is 0. The van der Waals surface area contributed by atoms with Crippen LogP contribution in [0.5, 0.6) is 0 Å². The molecule has 0 saturated heterocycles. The van der Waals surface area contributed by atoms with Gasteiger partial charge in [0.15, 0.2) is 0 Å². The molecule has 1 heterocycles. The normalized spacial score (nSPS) is 12.2. The van der Waals surface area contributed by atoms with E-state index in [2.05, 4.69) is 0 Å². The molecule has 0 radical (unpaired) electrons. The highest BCUT2D eigenvalue weighted by Gasteiger charge is 2.26. The first kappa shape index (κ1) is 16.6. The van der Waals surface area contributed by atoms with Crippen LogP contribution in [0.3, 0.4) is 0 Å². The summed E-state index contributed by atoms with van der Waals surface area (Å²) in [6.45, 7) is 4.99. The number of sulfonamides is 1. The molecule has 1 rings (SSSR count). The first-order valence-electron chi connectivity index (χ1n) is 6.75. The minimum absolute atomic E-state index is 0.221. The summed E-state index contributed by atoms with van der Waals surface area (Å²) in [6, 6.07) is 1.59. The van der Waals surface area contributed by atoms with E-state index in [0.29, 0.717) is 18.0 Å². The highest BCUT2D eigenvalue weighted by Crippen LogP contribution is 2.25. The van der Waals surface area contributed by atoms with E-state index in [-0.39, 0.29) is 11.5 Å². The summed E-state index contributed by atoms with van der Waals surface area (Å²) in [4.78, 5) is 0.796. The molecule has 4 nitrogen and oxygen atoms in total. The second-order valence-corrected chi connectivity index (χ2v) is 7.38. The van der Waals surface area contributed by atoms with E-state index >= 15 is 0 Å². The van der Waals surface area contributed by atoms with Crippen LogP contribution in [-0.2, 0) is 16.6 Å². The van der Waals surface area contributed by atoms with E-state index in [4.69, 9.17) is 0 Å². The molecular weight excluding hydrogens is 282 g/mol. The Bertz CT molecular complexity index is 460. The number of nitrogens with zero attached hydrogens (tertiary/aromatic N) is 1. The third-order valence-corrected chi connectivity index (χ3v) is 6.01. The van der Waals surface area contributed by atoms with Crippen molar-refractivity contribution in [2.75, 3.05) is 13.1 Å². The largest absolute Gasteiger partial charge is 0.391 e. The van der Waals surface area contributed by atoms with E-state index in [1.165, 1.54) is 11.3 Å². The summed E-state index contributed by atoms with van der Waals surface area (Å²) in [5, 5.41) is 11.0. The smallest absolute Gasteiger partial charge is 0.244 e. The summed E-state index contributed by atoms with van der Waals surface area (Å²) in [7, 11) is -3.46. The van der Waals surface area contributed by atoms with Gasteiger partial charge in [-0.3, -0.25) is 0 Å². The maximum atomic E-state index is 12.6. The lowest BCUT2D eigenvalue weighted by Crippen LogP contribution is -2.33. The molecule has 0 bridgehead atoms. The monoisotopic (exact) mass is 305 g/mol. The van der Waals surface area contributed by atoms with Crippen molar-refractivity contribution in [2.24, 2.45) is 0 Å². The molecule has 0 amide bonds. The van der Waals surface area contributed by atoms with Crippen molar-refractivity contribution in [1.29, 1.82) is 0 Å². The lowest BCUT2D eigenvalue weighted by molar-refractivity contribution is 0.282. The number of rotatable bonds is 9. The van der Waals surface area contributed by atoms with Gasteiger partial charge in [0, 0.05) is 18.0 Å². The standard InChI is InChI=1S/C13H23NO3S2/c1-3-5-8-14(9-6-4-2)19(16,17)13-7-10-18-12(13)11-15/h7,10,15H,3-6,8-9,11H2,1-2H3. The zero-order valence-electron chi connectivity index (χ0n) is 11.6. The summed E-state index contributed by atoms with van der Waals surface area (Å²) in [6.07, 6.45) is 3.66. The summed E-state index contributed by atoms with van der Waals surface area (Å²) in [5.41, 5.74) is 0. The molecule has 19 heavy (non-hydrogen) atoms. The lowest BCUT2D eigenvalue weighted by atomic mass is 10.3. The Morgan fingerprint density at radius 1 is 1.21 bits per heavy atom. The Labute approximate surface area is 120 Å². The van der Waals surface area contributed by atoms with Crippen LogP contribution in [0.2, 0.25) is 0 Å². The minimum Gasteiger partial charge on any atom is -0.391 e. The van der Waals surface area contributed by atoms with Crippen molar-refractivity contribution in [1.82, 2.24) is 4.31 Å². The number of unbranched alkanes of at least 4 members (excludes halogenated alkanes) is 2. The van der Waals surface area contributed by atoms with E-state index in [9.17, 15) is 13.5 Å². The van der Waals surface area contributed by atoms with Gasteiger partial charge in [0.05, 0.1) is 11.5 Å². The third kappa shape index (κ3) is 4.27. The third-order valence-electron chi connectivity index (χ3n) is 2.99. The number of thiophene rings is 1. The first-order chi connectivity index (χ1) is 9.07. The van der Waals surface area contributed by atoms with E-state index in [1.807, 2.05) is 13.8 Å². The maximum Gasteiger partial charge on any atom is 0.244 e. The maximum absolute atomic E-state index is 12.6. The predicted molar refractivity (Wildman–Crippen MR) is 78.8 cm³/mol. The molecular formula is C13H23NO3S2. The zero-order chi connectivity index (χ0) is 14.3. The van der Waals surface area contributed by atoms with Crippen molar-refractivity contribution in [3.8, 4) is 0 Å². The van der Waals surface area contributed by atoms with Crippen LogP contribution < -0.4 is 0 Å². The van der Waals surface area contributed by atoms with Crippen LogP contribution in [0, 0.1) is 0 Å². The fraction of sp³-hybridized carbons (Fsp3) is 0.692. The molecule has 6 heteroatoms. The molecule has 0 unspecified atom stereocenters. The predicted octanol–water partition coefficient (Wildman–Crippen LogP) is 2.83. The SMILES string of the molecule is CCCCN(CCCC)S(=O)(=O)c1ccsc1CO. The fourth-order valence-corrected chi connectivity index (χ4v) is 4.62. The Hall–Kier alpha value is -0.430. The molecule has 1 aromatic heterocycles. The van der Waals surface area contributed by atoms with Gasteiger partial charge in [-0.1, -0.05) is 26.7 Å². The van der Waals surface area contributed by atoms with Crippen LogP contribution in [0.1, 0.15) is 44.4 Å². The molecule has 0 aromatic carbocycles. The molecule has 0 atom stereocenters. The van der Waals surface area contributed by atoms with E-state index in [0.717, 1.165) is 25.7 Å². The molecule has 1 aromatic rings.